The van der Waals surface area contributed by atoms with Crippen molar-refractivity contribution in [2.24, 2.45) is 35.5 Å². The second-order valence-electron chi connectivity index (χ2n) is 32.6. The Kier molecular flexibility index (Phi) is 28.8. The molecule has 13 rings (SSSR count). The standard InChI is InChI=1S/C96H120N6O6S6/c1-13-25-34-61(19-7)55-97-85(73-40-31-49-109-73)79-82(94(97)106)88(100(91(79)103)58-64(22-10)37-28-16-4)76-46-43-70(112-76)67-52-68(71-44-47-77(113-71)89-83-80(92(104)101(89)59-65(23-11)38-29-17-5)86(74-41-32-50-110-74)98(95(83)107)56-62(20-8)35-26-14-2)54-69(53-67)72-45-48-78(114-72)90-84-81(93(105)102(90)60-66(24-12)39-30-18-6)87(75-42-33-51-111-75)99(96(84)108)57-63(21-9)36-27-15-3/h31-33,40-54,61-66H,13-30,34-39,55-60H2,1-12H3. The highest BCUT2D eigenvalue weighted by atomic mass is 32.1. The van der Waals surface area contributed by atoms with E-state index in [9.17, 15) is 0 Å². The molecule has 0 N–H and O–H groups in total. The number of carbonyl (C=O) groups excluding carboxylic acids is 6. The van der Waals surface area contributed by atoms with Crippen LogP contribution in [-0.2, 0) is 28.8 Å². The Morgan fingerprint density at radius 2 is 0.430 bits per heavy atom. The summed E-state index contributed by atoms with van der Waals surface area (Å²) in [5, 5.41) is 6.14. The normalized spacial score (nSPS) is 17.6. The molecular formula is C96H120N6O6S6. The maximum absolute atomic E-state index is 15.9. The van der Waals surface area contributed by atoms with Gasteiger partial charge in [-0.1, -0.05) is 217 Å². The first kappa shape index (κ1) is 84.6. The first-order chi connectivity index (χ1) is 55.5. The van der Waals surface area contributed by atoms with E-state index in [4.69, 9.17) is 0 Å². The van der Waals surface area contributed by atoms with Gasteiger partial charge in [0.1, 0.15) is 0 Å². The van der Waals surface area contributed by atoms with Crippen LogP contribution >= 0.6 is 68.0 Å². The van der Waals surface area contributed by atoms with E-state index in [1.54, 1.807) is 68.0 Å². The number of benzene rings is 1. The summed E-state index contributed by atoms with van der Waals surface area (Å²) < 4.78 is 0. The molecule has 6 amide bonds. The average Bonchev–Trinajstić information content (AvgIpc) is 1.57. The molecule has 0 bridgehead atoms. The lowest BCUT2D eigenvalue weighted by atomic mass is 9.98. The van der Waals surface area contributed by atoms with Gasteiger partial charge in [-0.25, -0.2) is 0 Å². The van der Waals surface area contributed by atoms with Crippen LogP contribution in [0, 0.1) is 35.5 Å². The lowest BCUT2D eigenvalue weighted by molar-refractivity contribution is -0.124. The molecule has 6 aromatic heterocycles. The molecule has 0 saturated heterocycles. The summed E-state index contributed by atoms with van der Waals surface area (Å²) in [4.78, 5) is 115. The second-order valence-corrected chi connectivity index (χ2v) is 38.7. The molecule has 6 aliphatic rings. The van der Waals surface area contributed by atoms with Gasteiger partial charge < -0.3 is 29.4 Å². The molecule has 0 radical (unpaired) electrons. The highest BCUT2D eigenvalue weighted by molar-refractivity contribution is 7.18. The predicted molar refractivity (Wildman–Crippen MR) is 481 cm³/mol. The Morgan fingerprint density at radius 3 is 0.596 bits per heavy atom. The van der Waals surface area contributed by atoms with Gasteiger partial charge in [-0.2, -0.15) is 0 Å². The van der Waals surface area contributed by atoms with Crippen molar-refractivity contribution in [3.8, 4) is 31.3 Å². The number of carbonyl (C=O) groups is 6. The lowest BCUT2D eigenvalue weighted by Crippen LogP contribution is -2.34. The highest BCUT2D eigenvalue weighted by Crippen LogP contribution is 2.55. The molecule has 1 aromatic carbocycles. The minimum absolute atomic E-state index is 0.101. The summed E-state index contributed by atoms with van der Waals surface area (Å²) in [5.41, 5.74) is 10.2. The number of amides is 6. The predicted octanol–water partition coefficient (Wildman–Crippen LogP) is 25.8. The smallest absolute Gasteiger partial charge is 0.261 e. The molecule has 6 atom stereocenters. The summed E-state index contributed by atoms with van der Waals surface area (Å²) in [6.45, 7) is 29.8. The number of nitrogens with zero attached hydrogens (tertiary/aromatic N) is 6. The Balaban J connectivity index is 1.00. The van der Waals surface area contributed by atoms with E-state index < -0.39 is 0 Å². The molecule has 18 heteroatoms. The largest absolute Gasteiger partial charge is 0.306 e. The topological polar surface area (TPSA) is 122 Å². The number of thiophene rings is 6. The zero-order chi connectivity index (χ0) is 80.4. The van der Waals surface area contributed by atoms with E-state index in [1.165, 1.54) is 0 Å². The molecule has 0 spiro atoms. The summed E-state index contributed by atoms with van der Waals surface area (Å²) in [5.74, 6) is 0.887. The van der Waals surface area contributed by atoms with Crippen molar-refractivity contribution in [2.75, 3.05) is 39.3 Å². The summed E-state index contributed by atoms with van der Waals surface area (Å²) in [7, 11) is 0. The molecule has 114 heavy (non-hydrogen) atoms. The summed E-state index contributed by atoms with van der Waals surface area (Å²) >= 11 is 9.60. The van der Waals surface area contributed by atoms with Gasteiger partial charge in [-0.05, 0) is 180 Å². The molecular weight excluding hydrogens is 1530 g/mol. The maximum Gasteiger partial charge on any atom is 0.261 e. The van der Waals surface area contributed by atoms with Crippen molar-refractivity contribution in [1.29, 1.82) is 0 Å². The van der Waals surface area contributed by atoms with E-state index in [0.717, 1.165) is 232 Å². The second kappa shape index (κ2) is 38.8. The van der Waals surface area contributed by atoms with Crippen LogP contribution in [0.2, 0.25) is 0 Å². The van der Waals surface area contributed by atoms with Crippen molar-refractivity contribution in [3.05, 3.63) is 170 Å². The van der Waals surface area contributed by atoms with Crippen LogP contribution in [0.25, 0.3) is 65.5 Å². The summed E-state index contributed by atoms with van der Waals surface area (Å²) in [6.07, 6.45) is 24.1. The van der Waals surface area contributed by atoms with Crippen LogP contribution in [0.4, 0.5) is 0 Å². The fraction of sp³-hybridized carbons (Fsp3) is 0.500. The van der Waals surface area contributed by atoms with Gasteiger partial charge in [-0.3, -0.25) is 28.8 Å². The van der Waals surface area contributed by atoms with Gasteiger partial charge in [0.05, 0.1) is 96.9 Å². The molecule has 12 heterocycles. The van der Waals surface area contributed by atoms with E-state index in [2.05, 4.69) is 156 Å². The Morgan fingerprint density at radius 1 is 0.246 bits per heavy atom. The fourth-order valence-electron chi connectivity index (χ4n) is 18.0. The third-order valence-corrected chi connectivity index (χ3v) is 31.1. The first-order valence-electron chi connectivity index (χ1n) is 43.5. The van der Waals surface area contributed by atoms with E-state index in [-0.39, 0.29) is 71.0 Å². The van der Waals surface area contributed by atoms with Gasteiger partial charge in [-0.15, -0.1) is 68.0 Å². The van der Waals surface area contributed by atoms with Crippen LogP contribution in [0.5, 0.6) is 0 Å². The zero-order valence-corrected chi connectivity index (χ0v) is 74.6. The number of fused-ring (bicyclic) bond motifs is 3. The van der Waals surface area contributed by atoms with Crippen molar-refractivity contribution in [1.82, 2.24) is 29.4 Å². The van der Waals surface area contributed by atoms with E-state index >= 15 is 28.8 Å². The zero-order valence-electron chi connectivity index (χ0n) is 69.7. The van der Waals surface area contributed by atoms with E-state index in [0.29, 0.717) is 89.8 Å². The Hall–Kier alpha value is -7.32. The number of unbranched alkanes of at least 4 members (excludes halogenated alkanes) is 6. The molecule has 12 nitrogen and oxygen atoms in total. The minimum Gasteiger partial charge on any atom is -0.306 e. The van der Waals surface area contributed by atoms with Crippen molar-refractivity contribution in [2.45, 2.75) is 237 Å². The van der Waals surface area contributed by atoms with Crippen molar-refractivity contribution < 1.29 is 28.8 Å². The van der Waals surface area contributed by atoms with Crippen LogP contribution < -0.4 is 0 Å². The number of hydrogen-bond donors (Lipinski definition) is 0. The molecule has 6 unspecified atom stereocenters. The molecule has 0 fully saturated rings. The third kappa shape index (κ3) is 17.1. The Labute approximate surface area is 703 Å². The summed E-state index contributed by atoms with van der Waals surface area (Å²) in [6, 6.07) is 32.0. The highest BCUT2D eigenvalue weighted by Gasteiger charge is 2.54. The van der Waals surface area contributed by atoms with Gasteiger partial charge in [0, 0.05) is 53.9 Å². The van der Waals surface area contributed by atoms with Gasteiger partial charge in [0.25, 0.3) is 35.4 Å². The van der Waals surface area contributed by atoms with Gasteiger partial charge in [0.2, 0.25) is 0 Å². The third-order valence-electron chi connectivity index (χ3n) is 25.0. The monoisotopic (exact) mass is 1640 g/mol. The first-order valence-corrected chi connectivity index (χ1v) is 48.6. The van der Waals surface area contributed by atoms with Gasteiger partial charge in [0.15, 0.2) is 0 Å². The van der Waals surface area contributed by atoms with Crippen LogP contribution in [0.1, 0.15) is 266 Å². The molecule has 0 saturated carbocycles. The fourth-order valence-corrected chi connectivity index (χ4v) is 23.5. The molecule has 6 aliphatic heterocycles. The average molecular weight is 1650 g/mol. The minimum atomic E-state index is -0.101. The van der Waals surface area contributed by atoms with Crippen LogP contribution in [0.3, 0.4) is 0 Å². The molecule has 606 valence electrons. The molecule has 0 aliphatic carbocycles. The van der Waals surface area contributed by atoms with Crippen LogP contribution in [0.15, 0.2) is 141 Å². The number of hydrogen-bond acceptors (Lipinski definition) is 12. The Bertz CT molecular complexity index is 4310. The quantitative estimate of drug-likeness (QED) is 0.0375. The van der Waals surface area contributed by atoms with E-state index in [1.807, 2.05) is 63.7 Å². The number of rotatable bonds is 45. The van der Waals surface area contributed by atoms with Crippen molar-refractivity contribution >= 4 is 138 Å². The molecule has 7 aromatic rings. The maximum atomic E-state index is 15.9. The van der Waals surface area contributed by atoms with Gasteiger partial charge >= 0.3 is 0 Å². The lowest BCUT2D eigenvalue weighted by Gasteiger charge is -2.29. The van der Waals surface area contributed by atoms with Crippen LogP contribution in [-0.4, -0.2) is 104 Å². The van der Waals surface area contributed by atoms with Crippen molar-refractivity contribution in [3.63, 3.8) is 0 Å². The SMILES string of the molecule is CCCCC(CC)CN1C(=O)C2=C(c3ccc(-c4cc(-c5ccc(C6=C7C(=O)N(CC(CC)CCCC)C(c8cccs8)=C7C(=O)N6CC(CC)CCCC)s5)cc(-c5ccc(C6=C7C(=O)N(CC(CC)CCCC)C(c8cccs8)=C7C(=O)N6CC(CC)CCCC)s5)c4)s3)N(CC(CC)CCCC)C(=O)C2=C1c1cccs1.